The predicted octanol–water partition coefficient (Wildman–Crippen LogP) is 2.90. The second kappa shape index (κ2) is 10.2. The molecule has 0 N–H and O–H groups in total. The summed E-state index contributed by atoms with van der Waals surface area (Å²) >= 11 is 0. The number of aromatic nitrogens is 4. The summed E-state index contributed by atoms with van der Waals surface area (Å²) in [5, 5.41) is 0. The van der Waals surface area contributed by atoms with E-state index in [9.17, 15) is 8.42 Å². The van der Waals surface area contributed by atoms with Crippen molar-refractivity contribution >= 4 is 15.8 Å². The van der Waals surface area contributed by atoms with Crippen molar-refractivity contribution in [3.8, 4) is 17.3 Å². The number of sulfonamides is 1. The Hall–Kier alpha value is -3.18. The number of hydrogen-bond acceptors (Lipinski definition) is 8. The fraction of sp³-hybridized carbons (Fsp3) is 0.458. The second-order valence-corrected chi connectivity index (χ2v) is 10.2. The van der Waals surface area contributed by atoms with Gasteiger partial charge in [0.15, 0.2) is 0 Å². The van der Waals surface area contributed by atoms with Crippen molar-refractivity contribution in [2.75, 3.05) is 44.3 Å². The van der Waals surface area contributed by atoms with Gasteiger partial charge in [-0.15, -0.1) is 0 Å². The van der Waals surface area contributed by atoms with Gasteiger partial charge in [-0.25, -0.2) is 23.4 Å². The molecule has 0 saturated carbocycles. The number of ether oxygens (including phenoxy) is 2. The molecular weight excluding hydrogens is 468 g/mol. The van der Waals surface area contributed by atoms with E-state index < -0.39 is 10.0 Å². The molecule has 1 fully saturated rings. The molecule has 1 saturated heterocycles. The Kier molecular flexibility index (Phi) is 7.27. The molecule has 2 aromatic heterocycles. The molecule has 0 aliphatic carbocycles. The van der Waals surface area contributed by atoms with Crippen molar-refractivity contribution < 1.29 is 17.9 Å². The Bertz CT molecular complexity index is 1300. The largest absolute Gasteiger partial charge is 0.494 e. The van der Waals surface area contributed by atoms with E-state index in [0.29, 0.717) is 56.7 Å². The summed E-state index contributed by atoms with van der Waals surface area (Å²) in [5.74, 6) is 3.05. The summed E-state index contributed by atoms with van der Waals surface area (Å²) < 4.78 is 41.6. The van der Waals surface area contributed by atoms with Crippen molar-refractivity contribution in [2.45, 2.75) is 39.5 Å². The molecule has 1 aromatic carbocycles. The lowest BCUT2D eigenvalue weighted by Gasteiger charge is -2.35. The maximum Gasteiger partial charge on any atom is 0.246 e. The predicted molar refractivity (Wildman–Crippen MR) is 133 cm³/mol. The van der Waals surface area contributed by atoms with Crippen LogP contribution in [0.1, 0.15) is 31.1 Å². The van der Waals surface area contributed by atoms with Crippen LogP contribution >= 0.6 is 0 Å². The Balaban J connectivity index is 1.54. The molecule has 0 bridgehead atoms. The molecule has 1 aliphatic heterocycles. The maximum atomic E-state index is 13.5. The van der Waals surface area contributed by atoms with Gasteiger partial charge in [-0.3, -0.25) is 4.57 Å². The van der Waals surface area contributed by atoms with Gasteiger partial charge in [-0.1, -0.05) is 0 Å². The third-order valence-electron chi connectivity index (χ3n) is 6.02. The minimum atomic E-state index is -3.73. The molecule has 1 aliphatic rings. The monoisotopic (exact) mass is 500 g/mol. The highest BCUT2D eigenvalue weighted by Crippen LogP contribution is 2.32. The van der Waals surface area contributed by atoms with Crippen LogP contribution in [0.4, 0.5) is 5.82 Å². The molecule has 11 heteroatoms. The van der Waals surface area contributed by atoms with E-state index in [1.54, 1.807) is 24.5 Å². The molecule has 0 atom stereocenters. The third kappa shape index (κ3) is 5.10. The molecular formula is C24H32N6O4S. The Labute approximate surface area is 206 Å². The minimum Gasteiger partial charge on any atom is -0.494 e. The summed E-state index contributed by atoms with van der Waals surface area (Å²) in [5.41, 5.74) is 1.97. The van der Waals surface area contributed by atoms with Crippen molar-refractivity contribution in [3.05, 3.63) is 47.8 Å². The zero-order valence-electron chi connectivity index (χ0n) is 20.9. The maximum absolute atomic E-state index is 13.5. The van der Waals surface area contributed by atoms with Gasteiger partial charge in [-0.2, -0.15) is 4.31 Å². The number of piperazine rings is 1. The Morgan fingerprint density at radius 3 is 2.23 bits per heavy atom. The molecule has 0 unspecified atom stereocenters. The van der Waals surface area contributed by atoms with Gasteiger partial charge in [-0.05, 0) is 46.8 Å². The van der Waals surface area contributed by atoms with Crippen molar-refractivity contribution in [1.29, 1.82) is 0 Å². The lowest BCUT2D eigenvalue weighted by molar-refractivity contribution is 0.314. The van der Waals surface area contributed by atoms with E-state index in [1.807, 2.05) is 45.3 Å². The van der Waals surface area contributed by atoms with Crippen LogP contribution in [0.5, 0.6) is 11.5 Å². The molecule has 3 heterocycles. The van der Waals surface area contributed by atoms with Gasteiger partial charge in [0.2, 0.25) is 10.0 Å². The summed E-state index contributed by atoms with van der Waals surface area (Å²) in [6.45, 7) is 12.1. The zero-order chi connectivity index (χ0) is 25.2. The number of nitrogens with zero attached hydrogens (tertiary/aromatic N) is 6. The Morgan fingerprint density at radius 1 is 0.914 bits per heavy atom. The SMILES string of the molecule is CCOc1ccc(S(=O)(=O)N2CCN(c3cc(-n4cnc(C)c4C)nc(C)n3)CC2)c(OCC)c1. The van der Waals surface area contributed by atoms with Crippen molar-refractivity contribution in [1.82, 2.24) is 23.8 Å². The molecule has 4 rings (SSSR count). The third-order valence-corrected chi connectivity index (χ3v) is 7.95. The zero-order valence-corrected chi connectivity index (χ0v) is 21.7. The highest BCUT2D eigenvalue weighted by molar-refractivity contribution is 7.89. The van der Waals surface area contributed by atoms with Gasteiger partial charge in [0.1, 0.15) is 40.2 Å². The lowest BCUT2D eigenvalue weighted by Crippen LogP contribution is -2.49. The number of imidazole rings is 1. The van der Waals surface area contributed by atoms with E-state index in [0.717, 1.165) is 23.0 Å². The highest BCUT2D eigenvalue weighted by atomic mass is 32.2. The number of rotatable bonds is 8. The molecule has 0 radical (unpaired) electrons. The molecule has 0 spiro atoms. The van der Waals surface area contributed by atoms with Crippen molar-refractivity contribution in [2.24, 2.45) is 0 Å². The van der Waals surface area contributed by atoms with Crippen LogP contribution in [0.2, 0.25) is 0 Å². The van der Waals surface area contributed by atoms with Crippen LogP contribution in [0.15, 0.2) is 35.5 Å². The molecule has 35 heavy (non-hydrogen) atoms. The van der Waals surface area contributed by atoms with E-state index in [1.165, 1.54) is 4.31 Å². The van der Waals surface area contributed by atoms with Crippen LogP contribution < -0.4 is 14.4 Å². The van der Waals surface area contributed by atoms with Crippen LogP contribution in [0, 0.1) is 20.8 Å². The molecule has 188 valence electrons. The fourth-order valence-corrected chi connectivity index (χ4v) is 5.61. The number of benzene rings is 1. The smallest absolute Gasteiger partial charge is 0.246 e. The standard InChI is InChI=1S/C24H32N6O4S/c1-6-33-20-8-9-22(21(14-20)34-7-2)35(31,32)29-12-10-28(11-13-29)23-15-24(27-19(5)26-23)30-16-25-17(3)18(30)4/h8-9,14-16H,6-7,10-13H2,1-5H3. The van der Waals surface area contributed by atoms with Gasteiger partial charge in [0, 0.05) is 44.0 Å². The minimum absolute atomic E-state index is 0.155. The van der Waals surface area contributed by atoms with Crippen LogP contribution in [-0.4, -0.2) is 71.6 Å². The first kappa shape index (κ1) is 24.9. The average Bonchev–Trinajstić information content (AvgIpc) is 3.17. The van der Waals surface area contributed by atoms with Crippen LogP contribution in [0.3, 0.4) is 0 Å². The first-order valence-corrected chi connectivity index (χ1v) is 13.2. The first-order valence-electron chi connectivity index (χ1n) is 11.8. The summed E-state index contributed by atoms with van der Waals surface area (Å²) in [7, 11) is -3.73. The van der Waals surface area contributed by atoms with Crippen LogP contribution in [0.25, 0.3) is 5.82 Å². The van der Waals surface area contributed by atoms with E-state index >= 15 is 0 Å². The molecule has 3 aromatic rings. The van der Waals surface area contributed by atoms with Gasteiger partial charge in [0.05, 0.1) is 18.9 Å². The Morgan fingerprint density at radius 2 is 1.60 bits per heavy atom. The lowest BCUT2D eigenvalue weighted by atomic mass is 10.3. The van der Waals surface area contributed by atoms with Crippen LogP contribution in [-0.2, 0) is 10.0 Å². The molecule has 10 nitrogen and oxygen atoms in total. The van der Waals surface area contributed by atoms with E-state index in [4.69, 9.17) is 9.47 Å². The average molecular weight is 501 g/mol. The molecule has 0 amide bonds. The number of anilines is 1. The summed E-state index contributed by atoms with van der Waals surface area (Å²) in [6, 6.07) is 6.79. The normalized spacial score (nSPS) is 14.8. The number of aryl methyl sites for hydroxylation is 2. The second-order valence-electron chi connectivity index (χ2n) is 8.28. The topological polar surface area (TPSA) is 103 Å². The van der Waals surface area contributed by atoms with E-state index in [-0.39, 0.29) is 4.90 Å². The fourth-order valence-electron chi connectivity index (χ4n) is 4.07. The first-order chi connectivity index (χ1) is 16.7. The highest BCUT2D eigenvalue weighted by Gasteiger charge is 2.32. The van der Waals surface area contributed by atoms with E-state index in [2.05, 4.69) is 19.9 Å². The summed E-state index contributed by atoms with van der Waals surface area (Å²) in [4.78, 5) is 15.8. The summed E-state index contributed by atoms with van der Waals surface area (Å²) in [6.07, 6.45) is 1.76. The quantitative estimate of drug-likeness (QED) is 0.465. The van der Waals surface area contributed by atoms with Crippen molar-refractivity contribution in [3.63, 3.8) is 0 Å². The van der Waals surface area contributed by atoms with Gasteiger partial charge >= 0.3 is 0 Å². The van der Waals surface area contributed by atoms with Gasteiger partial charge in [0.25, 0.3) is 0 Å². The number of hydrogen-bond donors (Lipinski definition) is 0. The van der Waals surface area contributed by atoms with Gasteiger partial charge < -0.3 is 14.4 Å².